The number of pyridine rings is 1. The molecule has 0 aliphatic carbocycles. The minimum atomic E-state index is -0.561. The van der Waals surface area contributed by atoms with E-state index in [2.05, 4.69) is 4.99 Å². The van der Waals surface area contributed by atoms with E-state index in [0.29, 0.717) is 18.1 Å². The molecule has 0 amide bonds. The number of rotatable bonds is 3. The van der Waals surface area contributed by atoms with Crippen LogP contribution in [0.25, 0.3) is 0 Å². The minimum Gasteiger partial charge on any atom is -0.428 e. The summed E-state index contributed by atoms with van der Waals surface area (Å²) in [6.45, 7) is 3.40. The van der Waals surface area contributed by atoms with E-state index in [0.717, 1.165) is 4.73 Å². The second-order valence-electron chi connectivity index (χ2n) is 3.24. The number of nitrogens with zero attached hydrogens (tertiary/aromatic N) is 3. The summed E-state index contributed by atoms with van der Waals surface area (Å²) in [6, 6.07) is 1.46. The fraction of sp³-hybridized carbons (Fsp3) is 0.444. The quantitative estimate of drug-likeness (QED) is 0.378. The Labute approximate surface area is 96.9 Å². The fourth-order valence-electron chi connectivity index (χ4n) is 1.39. The van der Waals surface area contributed by atoms with E-state index in [4.69, 9.17) is 11.6 Å². The van der Waals surface area contributed by atoms with Gasteiger partial charge < -0.3 is 5.21 Å². The molecule has 0 aliphatic rings. The van der Waals surface area contributed by atoms with Crippen molar-refractivity contribution in [3.05, 3.63) is 32.9 Å². The van der Waals surface area contributed by atoms with Crippen molar-refractivity contribution >= 4 is 17.3 Å². The Morgan fingerprint density at radius 1 is 1.62 bits per heavy atom. The molecule has 0 saturated carbocycles. The highest BCUT2D eigenvalue weighted by Gasteiger charge is 2.18. The van der Waals surface area contributed by atoms with Crippen LogP contribution >= 0.6 is 11.6 Å². The topological polar surface area (TPSA) is 80.7 Å². The molecule has 1 aromatic rings. The van der Waals surface area contributed by atoms with Crippen LogP contribution in [0.2, 0.25) is 0 Å². The van der Waals surface area contributed by atoms with Gasteiger partial charge in [0, 0.05) is 5.88 Å². The monoisotopic (exact) mass is 245 g/mol. The highest BCUT2D eigenvalue weighted by atomic mass is 35.5. The van der Waals surface area contributed by atoms with E-state index in [1.807, 2.05) is 0 Å². The zero-order valence-electron chi connectivity index (χ0n) is 8.97. The first-order valence-electron chi connectivity index (χ1n) is 4.62. The number of halogens is 1. The van der Waals surface area contributed by atoms with E-state index in [9.17, 15) is 15.3 Å². The van der Waals surface area contributed by atoms with E-state index in [1.165, 1.54) is 13.0 Å². The predicted molar refractivity (Wildman–Crippen MR) is 58.9 cm³/mol. The number of nitro groups is 1. The van der Waals surface area contributed by atoms with Gasteiger partial charge in [0.05, 0.1) is 17.2 Å². The maximum absolute atomic E-state index is 10.9. The molecule has 7 heteroatoms. The summed E-state index contributed by atoms with van der Waals surface area (Å²) < 4.78 is 0.776. The smallest absolute Gasteiger partial charge is 0.316 e. The second kappa shape index (κ2) is 4.98. The van der Waals surface area contributed by atoms with Crippen LogP contribution in [0.5, 0.6) is 0 Å². The SMILES string of the molecule is Cc1cc(=NCCCl)c([N+](=O)[O-])c(C)n1O. The molecule has 88 valence electrons. The first kappa shape index (κ1) is 12.5. The van der Waals surface area contributed by atoms with Gasteiger partial charge in [0.25, 0.3) is 0 Å². The van der Waals surface area contributed by atoms with Crippen LogP contribution in [0.4, 0.5) is 5.69 Å². The van der Waals surface area contributed by atoms with E-state index < -0.39 is 4.92 Å². The van der Waals surface area contributed by atoms with Crippen LogP contribution in [0.1, 0.15) is 11.4 Å². The van der Waals surface area contributed by atoms with Crippen LogP contribution in [-0.4, -0.2) is 27.3 Å². The average Bonchev–Trinajstić information content (AvgIpc) is 2.22. The third-order valence-corrected chi connectivity index (χ3v) is 2.30. The largest absolute Gasteiger partial charge is 0.428 e. The lowest BCUT2D eigenvalue weighted by Gasteiger charge is -2.07. The molecule has 0 aromatic carbocycles. The fourth-order valence-corrected chi connectivity index (χ4v) is 1.47. The Balaban J connectivity index is 3.54. The van der Waals surface area contributed by atoms with Crippen LogP contribution < -0.4 is 5.36 Å². The van der Waals surface area contributed by atoms with Crippen molar-refractivity contribution in [1.82, 2.24) is 4.73 Å². The molecule has 0 atom stereocenters. The minimum absolute atomic E-state index is 0.151. The molecule has 1 rings (SSSR count). The van der Waals surface area contributed by atoms with Crippen molar-refractivity contribution in [2.75, 3.05) is 12.4 Å². The molecule has 0 saturated heterocycles. The number of alkyl halides is 1. The summed E-state index contributed by atoms with van der Waals surface area (Å²) in [7, 11) is 0. The molecular weight excluding hydrogens is 234 g/mol. The summed E-state index contributed by atoms with van der Waals surface area (Å²) in [5.41, 5.74) is 0.438. The summed E-state index contributed by atoms with van der Waals surface area (Å²) in [5, 5.41) is 20.6. The van der Waals surface area contributed by atoms with Gasteiger partial charge in [-0.15, -0.1) is 11.6 Å². The molecule has 1 aromatic heterocycles. The van der Waals surface area contributed by atoms with Crippen LogP contribution in [0.15, 0.2) is 11.1 Å². The molecule has 0 bridgehead atoms. The zero-order chi connectivity index (χ0) is 12.3. The van der Waals surface area contributed by atoms with Gasteiger partial charge in [0.15, 0.2) is 0 Å². The lowest BCUT2D eigenvalue weighted by Crippen LogP contribution is -2.18. The highest BCUT2D eigenvalue weighted by Crippen LogP contribution is 2.12. The average molecular weight is 246 g/mol. The van der Waals surface area contributed by atoms with Gasteiger partial charge in [0.2, 0.25) is 0 Å². The number of hydrogen-bond donors (Lipinski definition) is 1. The summed E-state index contributed by atoms with van der Waals surface area (Å²) in [4.78, 5) is 14.3. The molecule has 6 nitrogen and oxygen atoms in total. The molecule has 0 spiro atoms. The van der Waals surface area contributed by atoms with Gasteiger partial charge in [0.1, 0.15) is 11.1 Å². The number of hydrogen-bond acceptors (Lipinski definition) is 4. The maximum atomic E-state index is 10.9. The summed E-state index contributed by atoms with van der Waals surface area (Å²) in [5.74, 6) is 0.295. The predicted octanol–water partition coefficient (Wildman–Crippen LogP) is 1.39. The molecule has 0 unspecified atom stereocenters. The molecule has 0 radical (unpaired) electrons. The lowest BCUT2D eigenvalue weighted by atomic mass is 10.2. The van der Waals surface area contributed by atoms with Crippen LogP contribution in [0.3, 0.4) is 0 Å². The molecule has 1 N–H and O–H groups in total. The highest BCUT2D eigenvalue weighted by molar-refractivity contribution is 6.18. The maximum Gasteiger partial charge on any atom is 0.316 e. The Kier molecular flexibility index (Phi) is 3.89. The van der Waals surface area contributed by atoms with Crippen LogP contribution in [0, 0.1) is 24.0 Å². The molecule has 0 aliphatic heterocycles. The third kappa shape index (κ3) is 2.33. The molecule has 1 heterocycles. The number of aromatic nitrogens is 1. The van der Waals surface area contributed by atoms with Gasteiger partial charge in [-0.1, -0.05) is 0 Å². The van der Waals surface area contributed by atoms with Crippen molar-refractivity contribution < 1.29 is 10.1 Å². The van der Waals surface area contributed by atoms with Gasteiger partial charge in [-0.2, -0.15) is 4.73 Å². The van der Waals surface area contributed by atoms with Gasteiger partial charge in [-0.3, -0.25) is 15.1 Å². The third-order valence-electron chi connectivity index (χ3n) is 2.13. The van der Waals surface area contributed by atoms with E-state index in [1.54, 1.807) is 6.92 Å². The Hall–Kier alpha value is -1.56. The first-order chi connectivity index (χ1) is 7.49. The van der Waals surface area contributed by atoms with Crippen LogP contribution in [-0.2, 0) is 0 Å². The van der Waals surface area contributed by atoms with Crippen molar-refractivity contribution in [2.45, 2.75) is 13.8 Å². The van der Waals surface area contributed by atoms with Gasteiger partial charge in [-0.25, -0.2) is 0 Å². The van der Waals surface area contributed by atoms with Gasteiger partial charge in [-0.05, 0) is 19.9 Å². The lowest BCUT2D eigenvalue weighted by molar-refractivity contribution is -0.387. The Bertz CT molecular complexity index is 482. The zero-order valence-corrected chi connectivity index (χ0v) is 9.73. The molecular formula is C9H12ClN3O3. The van der Waals surface area contributed by atoms with Crippen molar-refractivity contribution in [3.63, 3.8) is 0 Å². The molecule has 0 fully saturated rings. The Morgan fingerprint density at radius 2 is 2.25 bits per heavy atom. The van der Waals surface area contributed by atoms with Gasteiger partial charge >= 0.3 is 5.69 Å². The summed E-state index contributed by atoms with van der Waals surface area (Å²) >= 11 is 5.48. The standard InChI is InChI=1S/C9H12ClN3O3/c1-6-5-8(11-4-3-10)9(13(15)16)7(2)12(6)14/h5,14H,3-4H2,1-2H3. The molecule has 16 heavy (non-hydrogen) atoms. The van der Waals surface area contributed by atoms with E-state index >= 15 is 0 Å². The van der Waals surface area contributed by atoms with Crippen molar-refractivity contribution in [3.8, 4) is 0 Å². The normalized spacial score (nSPS) is 11.8. The first-order valence-corrected chi connectivity index (χ1v) is 5.15. The second-order valence-corrected chi connectivity index (χ2v) is 3.62. The number of aryl methyl sites for hydroxylation is 1. The van der Waals surface area contributed by atoms with Crippen molar-refractivity contribution in [1.29, 1.82) is 0 Å². The van der Waals surface area contributed by atoms with E-state index in [-0.39, 0.29) is 16.7 Å². The summed E-state index contributed by atoms with van der Waals surface area (Å²) in [6.07, 6.45) is 0. The Morgan fingerprint density at radius 3 is 2.75 bits per heavy atom. The van der Waals surface area contributed by atoms with Crippen molar-refractivity contribution in [2.24, 2.45) is 4.99 Å².